The molecule has 250 valence electrons. The summed E-state index contributed by atoms with van der Waals surface area (Å²) in [7, 11) is 2.07. The van der Waals surface area contributed by atoms with E-state index in [0.717, 1.165) is 35.7 Å². The molecule has 2 fully saturated rings. The Kier molecular flexibility index (Phi) is 9.09. The first kappa shape index (κ1) is 32.0. The lowest BCUT2D eigenvalue weighted by Gasteiger charge is -2.40. The van der Waals surface area contributed by atoms with Crippen molar-refractivity contribution in [2.24, 2.45) is 0 Å². The van der Waals surface area contributed by atoms with E-state index < -0.39 is 12.1 Å². The van der Waals surface area contributed by atoms with Crippen LogP contribution in [0.2, 0.25) is 0 Å². The number of likely N-dealkylation sites (N-methyl/N-ethyl adjacent to an activating group) is 1. The van der Waals surface area contributed by atoms with Gasteiger partial charge in [-0.1, -0.05) is 66.7 Å². The number of anilines is 1. The van der Waals surface area contributed by atoms with Crippen molar-refractivity contribution in [3.05, 3.63) is 94.5 Å². The molecule has 2 atom stereocenters. The number of hydrogen-bond acceptors (Lipinski definition) is 10. The molecule has 0 spiro atoms. The highest BCUT2D eigenvalue weighted by atomic mass is 16.6. The number of nitriles is 1. The van der Waals surface area contributed by atoms with Crippen molar-refractivity contribution in [3.63, 3.8) is 0 Å². The molecule has 0 bridgehead atoms. The smallest absolute Gasteiger partial charge is 0.410 e. The van der Waals surface area contributed by atoms with Crippen LogP contribution < -0.4 is 15.2 Å². The van der Waals surface area contributed by atoms with E-state index in [9.17, 15) is 14.9 Å². The fourth-order valence-corrected chi connectivity index (χ4v) is 6.84. The van der Waals surface area contributed by atoms with E-state index >= 15 is 0 Å². The summed E-state index contributed by atoms with van der Waals surface area (Å²) < 4.78 is 13.4. The molecule has 1 amide bonds. The van der Waals surface area contributed by atoms with Gasteiger partial charge in [-0.3, -0.25) is 9.36 Å². The fourth-order valence-electron chi connectivity index (χ4n) is 6.84. The van der Waals surface area contributed by atoms with Crippen molar-refractivity contribution in [2.45, 2.75) is 44.9 Å². The molecular weight excluding hydrogens is 620 g/mol. The summed E-state index contributed by atoms with van der Waals surface area (Å²) in [5.74, 6) is 0.918. The monoisotopic (exact) mass is 658 g/mol. The molecule has 3 aromatic carbocycles. The zero-order valence-corrected chi connectivity index (χ0v) is 27.7. The van der Waals surface area contributed by atoms with Crippen molar-refractivity contribution >= 4 is 33.7 Å². The molecule has 12 heteroatoms. The molecule has 0 N–H and O–H groups in total. The number of piperazine rings is 1. The van der Waals surface area contributed by atoms with Gasteiger partial charge in [0.2, 0.25) is 0 Å². The molecule has 12 nitrogen and oxygen atoms in total. The quantitative estimate of drug-likeness (QED) is 0.228. The maximum atomic E-state index is 14.4. The number of amides is 1. The molecule has 7 rings (SSSR count). The van der Waals surface area contributed by atoms with E-state index in [1.165, 1.54) is 0 Å². The number of carbonyl (C=O) groups is 1. The molecule has 4 heterocycles. The van der Waals surface area contributed by atoms with Crippen LogP contribution in [0.15, 0.2) is 77.6 Å². The van der Waals surface area contributed by atoms with Crippen LogP contribution in [-0.4, -0.2) is 87.3 Å². The van der Waals surface area contributed by atoms with Crippen LogP contribution in [0, 0.1) is 18.3 Å². The van der Waals surface area contributed by atoms with Gasteiger partial charge in [0.05, 0.1) is 24.2 Å². The summed E-state index contributed by atoms with van der Waals surface area (Å²) in [6, 6.07) is 25.3. The third-order valence-corrected chi connectivity index (χ3v) is 9.48. The molecule has 0 saturated carbocycles. The number of carbonyl (C=O) groups excluding carboxylic acids is 1. The van der Waals surface area contributed by atoms with Crippen LogP contribution in [0.1, 0.15) is 30.7 Å². The first-order chi connectivity index (χ1) is 23.9. The average molecular weight is 659 g/mol. The Labute approximate surface area is 284 Å². The molecule has 0 radical (unpaired) electrons. The van der Waals surface area contributed by atoms with Gasteiger partial charge in [0.1, 0.15) is 24.6 Å². The third kappa shape index (κ3) is 6.49. The van der Waals surface area contributed by atoms with Crippen LogP contribution in [0.5, 0.6) is 6.01 Å². The number of hydrogen-bond donors (Lipinski definition) is 0. The van der Waals surface area contributed by atoms with Gasteiger partial charge in [-0.05, 0) is 50.4 Å². The first-order valence-electron chi connectivity index (χ1n) is 16.6. The van der Waals surface area contributed by atoms with E-state index in [0.29, 0.717) is 42.5 Å². The van der Waals surface area contributed by atoms with Gasteiger partial charge in [-0.2, -0.15) is 15.2 Å². The molecular formula is C37H38N8O4. The number of benzene rings is 3. The molecule has 5 aromatic rings. The first-order valence-corrected chi connectivity index (χ1v) is 16.6. The summed E-state index contributed by atoms with van der Waals surface area (Å²) in [4.78, 5) is 47.9. The summed E-state index contributed by atoms with van der Waals surface area (Å²) in [5, 5.41) is 11.6. The van der Waals surface area contributed by atoms with Gasteiger partial charge in [-0.15, -0.1) is 0 Å². The zero-order valence-electron chi connectivity index (χ0n) is 27.7. The molecule has 0 aliphatic carbocycles. The predicted octanol–water partition coefficient (Wildman–Crippen LogP) is 4.85. The maximum absolute atomic E-state index is 14.4. The van der Waals surface area contributed by atoms with Crippen molar-refractivity contribution in [1.82, 2.24) is 29.3 Å². The topological polar surface area (TPSA) is 130 Å². The summed E-state index contributed by atoms with van der Waals surface area (Å²) >= 11 is 0. The van der Waals surface area contributed by atoms with Gasteiger partial charge < -0.3 is 24.2 Å². The zero-order chi connectivity index (χ0) is 33.9. The van der Waals surface area contributed by atoms with Gasteiger partial charge in [0, 0.05) is 31.1 Å². The van der Waals surface area contributed by atoms with Crippen LogP contribution in [0.4, 0.5) is 10.6 Å². The Bertz CT molecular complexity index is 2090. The van der Waals surface area contributed by atoms with Crippen molar-refractivity contribution in [2.75, 3.05) is 44.7 Å². The highest BCUT2D eigenvalue weighted by molar-refractivity contribution is 5.91. The number of likely N-dealkylation sites (tertiary alicyclic amines) is 1. The second-order valence-corrected chi connectivity index (χ2v) is 12.6. The molecule has 2 aromatic heterocycles. The van der Waals surface area contributed by atoms with Gasteiger partial charge in [0.15, 0.2) is 11.3 Å². The van der Waals surface area contributed by atoms with Crippen LogP contribution >= 0.6 is 0 Å². The Morgan fingerprint density at radius 3 is 2.53 bits per heavy atom. The predicted molar refractivity (Wildman–Crippen MR) is 186 cm³/mol. The highest BCUT2D eigenvalue weighted by Gasteiger charge is 2.34. The van der Waals surface area contributed by atoms with Crippen molar-refractivity contribution in [3.8, 4) is 17.8 Å². The van der Waals surface area contributed by atoms with Gasteiger partial charge in [0.25, 0.3) is 5.56 Å². The summed E-state index contributed by atoms with van der Waals surface area (Å²) in [6.45, 7) is 4.28. The number of aromatic nitrogens is 4. The number of nitrogens with zero attached hydrogens (tertiary/aromatic N) is 8. The summed E-state index contributed by atoms with van der Waals surface area (Å²) in [5.41, 5.74) is 1.75. The number of rotatable bonds is 8. The van der Waals surface area contributed by atoms with Crippen LogP contribution in [0.25, 0.3) is 27.5 Å². The molecule has 2 aliphatic heterocycles. The van der Waals surface area contributed by atoms with Gasteiger partial charge in [-0.25, -0.2) is 9.78 Å². The van der Waals surface area contributed by atoms with Crippen LogP contribution in [0.3, 0.4) is 0 Å². The van der Waals surface area contributed by atoms with E-state index in [4.69, 9.17) is 19.4 Å². The minimum Gasteiger partial charge on any atom is -0.462 e. The lowest BCUT2D eigenvalue weighted by Crippen LogP contribution is -2.55. The Morgan fingerprint density at radius 2 is 1.73 bits per heavy atom. The second kappa shape index (κ2) is 13.9. The van der Waals surface area contributed by atoms with E-state index in [2.05, 4.69) is 23.0 Å². The molecule has 2 saturated heterocycles. The van der Waals surface area contributed by atoms with E-state index in [1.54, 1.807) is 16.4 Å². The SMILES string of the molecule is Cc1nc2c(N3CCN(C(=O)OCc4ccccc4)[C@@H](CC#N)C3)nc(OC[C@@H]3CCCN3C)nc2c(=O)n1-c1cccc2ccccc12. The van der Waals surface area contributed by atoms with Crippen LogP contribution in [-0.2, 0) is 11.3 Å². The molecule has 0 unspecified atom stereocenters. The second-order valence-electron chi connectivity index (χ2n) is 12.6. The number of ether oxygens (including phenoxy) is 2. The number of aryl methyl sites for hydroxylation is 1. The average Bonchev–Trinajstić information content (AvgIpc) is 3.54. The Balaban J connectivity index is 1.26. The van der Waals surface area contributed by atoms with E-state index in [1.807, 2.05) is 77.7 Å². The largest absolute Gasteiger partial charge is 0.462 e. The standard InChI is InChI=1S/C37H38N8O4/c1-25-39-32-33(35(46)45(25)31-16-8-13-27-12-6-7-15-30(27)31)40-36(48-24-29-14-9-19-42(29)2)41-34(32)43-20-21-44(28(22-43)17-18-38)37(47)49-23-26-10-4-3-5-11-26/h3-8,10-13,15-16,28-29H,9,14,17,19-24H2,1-2H3/t28-,29-/m0/s1. The molecule has 49 heavy (non-hydrogen) atoms. The lowest BCUT2D eigenvalue weighted by molar-refractivity contribution is 0.0768. The third-order valence-electron chi connectivity index (χ3n) is 9.48. The minimum absolute atomic E-state index is 0.0940. The maximum Gasteiger partial charge on any atom is 0.410 e. The Morgan fingerprint density at radius 1 is 0.939 bits per heavy atom. The van der Waals surface area contributed by atoms with Crippen molar-refractivity contribution in [1.29, 1.82) is 5.26 Å². The highest BCUT2D eigenvalue weighted by Crippen LogP contribution is 2.29. The molecule has 2 aliphatic rings. The Hall–Kier alpha value is -5.54. The lowest BCUT2D eigenvalue weighted by atomic mass is 10.1. The van der Waals surface area contributed by atoms with Gasteiger partial charge >= 0.3 is 12.1 Å². The fraction of sp³-hybridized carbons (Fsp3) is 0.351. The van der Waals surface area contributed by atoms with E-state index in [-0.39, 0.29) is 42.7 Å². The normalized spacial score (nSPS) is 18.1. The minimum atomic E-state index is -0.479. The van der Waals surface area contributed by atoms with Crippen molar-refractivity contribution < 1.29 is 14.3 Å². The number of fused-ring (bicyclic) bond motifs is 2. The summed E-state index contributed by atoms with van der Waals surface area (Å²) in [6.07, 6.45) is 1.71.